The molecule has 0 radical (unpaired) electrons. The molecular weight excluding hydrogens is 245 g/mol. The molecule has 0 aromatic heterocycles. The first-order chi connectivity index (χ1) is 7.63. The quantitative estimate of drug-likeness (QED) is 0.847. The second-order valence-electron chi connectivity index (χ2n) is 3.65. The number of hydrogen-bond donors (Lipinski definition) is 1. The van der Waals surface area contributed by atoms with Gasteiger partial charge in [0.15, 0.2) is 0 Å². The topological polar surface area (TPSA) is 21.3 Å². The first-order valence-electron chi connectivity index (χ1n) is 5.39. The van der Waals surface area contributed by atoms with E-state index in [1.54, 1.807) is 0 Å². The van der Waals surface area contributed by atoms with E-state index in [9.17, 15) is 0 Å². The summed E-state index contributed by atoms with van der Waals surface area (Å²) < 4.78 is 5.41. The number of hydrogen-bond acceptors (Lipinski definition) is 2. The molecule has 1 unspecified atom stereocenters. The summed E-state index contributed by atoms with van der Waals surface area (Å²) in [5.74, 6) is 0. The smallest absolute Gasteiger partial charge is 0.0671 e. The number of benzene rings is 1. The van der Waals surface area contributed by atoms with Gasteiger partial charge in [0.05, 0.1) is 16.1 Å². The van der Waals surface area contributed by atoms with Crippen LogP contribution >= 0.6 is 23.2 Å². The van der Waals surface area contributed by atoms with Crippen LogP contribution < -0.4 is 5.32 Å². The summed E-state index contributed by atoms with van der Waals surface area (Å²) in [6.45, 7) is 6.39. The van der Waals surface area contributed by atoms with Crippen LogP contribution in [0.2, 0.25) is 10.0 Å². The lowest BCUT2D eigenvalue weighted by Crippen LogP contribution is -2.26. The molecular formula is C12H17Cl2NO. The Morgan fingerprint density at radius 3 is 2.69 bits per heavy atom. The third kappa shape index (κ3) is 4.71. The van der Waals surface area contributed by atoms with Crippen molar-refractivity contribution in [2.45, 2.75) is 26.5 Å². The lowest BCUT2D eigenvalue weighted by Gasteiger charge is -2.12. The Labute approximate surface area is 107 Å². The molecule has 0 amide bonds. The van der Waals surface area contributed by atoms with Crippen molar-refractivity contribution in [3.8, 4) is 0 Å². The van der Waals surface area contributed by atoms with Gasteiger partial charge < -0.3 is 10.1 Å². The van der Waals surface area contributed by atoms with E-state index in [1.807, 2.05) is 32.0 Å². The van der Waals surface area contributed by atoms with Crippen LogP contribution in [0.3, 0.4) is 0 Å². The molecule has 4 heteroatoms. The van der Waals surface area contributed by atoms with Gasteiger partial charge in [-0.3, -0.25) is 0 Å². The van der Waals surface area contributed by atoms with Crippen LogP contribution in [0.1, 0.15) is 19.4 Å². The van der Waals surface area contributed by atoms with Gasteiger partial charge >= 0.3 is 0 Å². The molecule has 0 aliphatic carbocycles. The van der Waals surface area contributed by atoms with E-state index >= 15 is 0 Å². The second kappa shape index (κ2) is 7.13. The van der Waals surface area contributed by atoms with Crippen LogP contribution in [0.4, 0.5) is 0 Å². The van der Waals surface area contributed by atoms with Gasteiger partial charge in [0.2, 0.25) is 0 Å². The van der Waals surface area contributed by atoms with E-state index in [0.29, 0.717) is 10.0 Å². The summed E-state index contributed by atoms with van der Waals surface area (Å²) in [5, 5.41) is 4.49. The zero-order chi connectivity index (χ0) is 12.0. The molecule has 1 aromatic rings. The molecule has 0 aliphatic rings. The molecule has 1 aromatic carbocycles. The molecule has 1 rings (SSSR count). The van der Waals surface area contributed by atoms with E-state index in [1.165, 1.54) is 0 Å². The molecule has 16 heavy (non-hydrogen) atoms. The van der Waals surface area contributed by atoms with Gasteiger partial charge in [-0.2, -0.15) is 0 Å². The minimum atomic E-state index is 0.229. The van der Waals surface area contributed by atoms with Crippen molar-refractivity contribution < 1.29 is 4.74 Å². The van der Waals surface area contributed by atoms with Crippen molar-refractivity contribution in [2.75, 3.05) is 13.2 Å². The highest BCUT2D eigenvalue weighted by Gasteiger charge is 2.02. The molecule has 1 atom stereocenters. The van der Waals surface area contributed by atoms with Gasteiger partial charge in [0.25, 0.3) is 0 Å². The summed E-state index contributed by atoms with van der Waals surface area (Å²) in [5.41, 5.74) is 1.12. The summed E-state index contributed by atoms with van der Waals surface area (Å²) in [4.78, 5) is 0. The Bertz CT molecular complexity index is 331. The van der Waals surface area contributed by atoms with E-state index in [4.69, 9.17) is 27.9 Å². The average molecular weight is 262 g/mol. The van der Waals surface area contributed by atoms with Crippen molar-refractivity contribution in [3.63, 3.8) is 0 Å². The van der Waals surface area contributed by atoms with Crippen molar-refractivity contribution in [1.29, 1.82) is 0 Å². The van der Waals surface area contributed by atoms with Gasteiger partial charge in [0, 0.05) is 19.7 Å². The molecule has 0 heterocycles. The molecule has 0 aliphatic heterocycles. The van der Waals surface area contributed by atoms with E-state index in [2.05, 4.69) is 5.32 Å². The fourth-order valence-electron chi connectivity index (χ4n) is 1.41. The van der Waals surface area contributed by atoms with E-state index in [-0.39, 0.29) is 6.10 Å². The van der Waals surface area contributed by atoms with Crippen molar-refractivity contribution in [3.05, 3.63) is 33.8 Å². The van der Waals surface area contributed by atoms with Crippen LogP contribution in [-0.4, -0.2) is 19.3 Å². The van der Waals surface area contributed by atoms with E-state index < -0.39 is 0 Å². The van der Waals surface area contributed by atoms with Crippen molar-refractivity contribution >= 4 is 23.2 Å². The minimum Gasteiger partial charge on any atom is -0.377 e. The van der Waals surface area contributed by atoms with Crippen LogP contribution in [0.5, 0.6) is 0 Å². The fourth-order valence-corrected chi connectivity index (χ4v) is 1.73. The third-order valence-corrected chi connectivity index (χ3v) is 2.94. The first kappa shape index (κ1) is 13.8. The SMILES string of the molecule is CCOC(C)CNCc1ccc(Cl)c(Cl)c1. The zero-order valence-electron chi connectivity index (χ0n) is 9.59. The van der Waals surface area contributed by atoms with Crippen LogP contribution in [0.15, 0.2) is 18.2 Å². The average Bonchev–Trinajstić information content (AvgIpc) is 2.24. The van der Waals surface area contributed by atoms with Crippen LogP contribution in [0.25, 0.3) is 0 Å². The van der Waals surface area contributed by atoms with Gasteiger partial charge in [-0.25, -0.2) is 0 Å². The van der Waals surface area contributed by atoms with Gasteiger partial charge in [-0.15, -0.1) is 0 Å². The maximum Gasteiger partial charge on any atom is 0.0671 e. The van der Waals surface area contributed by atoms with Gasteiger partial charge in [-0.05, 0) is 31.5 Å². The number of rotatable bonds is 6. The normalized spacial score (nSPS) is 12.8. The minimum absolute atomic E-state index is 0.229. The summed E-state index contributed by atoms with van der Waals surface area (Å²) in [6.07, 6.45) is 0.229. The number of nitrogens with one attached hydrogen (secondary N) is 1. The highest BCUT2D eigenvalue weighted by atomic mass is 35.5. The lowest BCUT2D eigenvalue weighted by molar-refractivity contribution is 0.0759. The number of halogens is 2. The largest absolute Gasteiger partial charge is 0.377 e. The lowest BCUT2D eigenvalue weighted by atomic mass is 10.2. The molecule has 1 N–H and O–H groups in total. The van der Waals surface area contributed by atoms with Crippen molar-refractivity contribution in [2.24, 2.45) is 0 Å². The Hall–Kier alpha value is -0.280. The molecule has 90 valence electrons. The monoisotopic (exact) mass is 261 g/mol. The van der Waals surface area contributed by atoms with Crippen LogP contribution in [0, 0.1) is 0 Å². The molecule has 0 spiro atoms. The predicted octanol–water partition coefficient (Wildman–Crippen LogP) is 3.51. The van der Waals surface area contributed by atoms with Crippen molar-refractivity contribution in [1.82, 2.24) is 5.32 Å². The molecule has 0 saturated carbocycles. The van der Waals surface area contributed by atoms with E-state index in [0.717, 1.165) is 25.3 Å². The summed E-state index contributed by atoms with van der Waals surface area (Å²) in [6, 6.07) is 5.65. The Morgan fingerprint density at radius 2 is 2.06 bits per heavy atom. The molecule has 2 nitrogen and oxygen atoms in total. The van der Waals surface area contributed by atoms with Gasteiger partial charge in [-0.1, -0.05) is 29.3 Å². The summed E-state index contributed by atoms with van der Waals surface area (Å²) >= 11 is 11.8. The maximum absolute atomic E-state index is 5.92. The summed E-state index contributed by atoms with van der Waals surface area (Å²) in [7, 11) is 0. The van der Waals surface area contributed by atoms with Crippen LogP contribution in [-0.2, 0) is 11.3 Å². The van der Waals surface area contributed by atoms with Gasteiger partial charge in [0.1, 0.15) is 0 Å². The fraction of sp³-hybridized carbons (Fsp3) is 0.500. The number of ether oxygens (including phenoxy) is 1. The Balaban J connectivity index is 2.34. The Morgan fingerprint density at radius 1 is 1.31 bits per heavy atom. The first-order valence-corrected chi connectivity index (χ1v) is 6.15. The third-order valence-electron chi connectivity index (χ3n) is 2.20. The zero-order valence-corrected chi connectivity index (χ0v) is 11.1. The standard InChI is InChI=1S/C12H17Cl2NO/c1-3-16-9(2)7-15-8-10-4-5-11(13)12(14)6-10/h4-6,9,15H,3,7-8H2,1-2H3. The second-order valence-corrected chi connectivity index (χ2v) is 4.46. The predicted molar refractivity (Wildman–Crippen MR) is 69.3 cm³/mol. The molecule has 0 bridgehead atoms. The molecule has 0 fully saturated rings. The highest BCUT2D eigenvalue weighted by Crippen LogP contribution is 2.22. The molecule has 0 saturated heterocycles. The Kier molecular flexibility index (Phi) is 6.14. The highest BCUT2D eigenvalue weighted by molar-refractivity contribution is 6.42. The maximum atomic E-state index is 5.92.